The van der Waals surface area contributed by atoms with Crippen molar-refractivity contribution < 1.29 is 96.6 Å². The Morgan fingerprint density at radius 2 is 0.586 bits per heavy atom. The SMILES string of the molecule is CCCCc1cc(C)c(C(C)C)cc1C.Cc1cc(C(F)(F)C(F)(F)C(F)(F)C(F)(F)F)c(C)cc1C(F)(F)C(F)(F)C(C)(F)F.Cc1cc(C(F)(F)C(F)(F)F)c(C)cc1C(C)(F)F.Cc1cc(C)c(C(C)C)cc1C.Cc1cc(C)c(C)cc1C. The Kier molecular flexibility index (Phi) is 26.1. The Morgan fingerprint density at radius 1 is 0.299 bits per heavy atom. The fourth-order valence-electron chi connectivity index (χ4n) is 9.13. The van der Waals surface area contributed by atoms with E-state index in [0.29, 0.717) is 30.9 Å². The number of halogens is 22. The maximum absolute atomic E-state index is 14.1. The first-order chi connectivity index (χ1) is 38.7. The summed E-state index contributed by atoms with van der Waals surface area (Å²) in [6, 6.07) is 14.1. The van der Waals surface area contributed by atoms with E-state index < -0.39 is 112 Å². The lowest BCUT2D eigenvalue weighted by Gasteiger charge is -2.35. The van der Waals surface area contributed by atoms with E-state index >= 15 is 0 Å². The summed E-state index contributed by atoms with van der Waals surface area (Å²) in [6.07, 6.45) is -9.08. The van der Waals surface area contributed by atoms with E-state index in [1.54, 1.807) is 5.56 Å². The monoisotopic (exact) mass is 1280 g/mol. The molecule has 0 fully saturated rings. The lowest BCUT2D eigenvalue weighted by atomic mass is 9.87. The second-order valence-electron chi connectivity index (χ2n) is 23.0. The minimum Gasteiger partial charge on any atom is -0.202 e. The van der Waals surface area contributed by atoms with Crippen LogP contribution in [-0.2, 0) is 30.1 Å². The maximum Gasteiger partial charge on any atom is 0.460 e. The molecule has 0 spiro atoms. The topological polar surface area (TPSA) is 0 Å². The molecule has 87 heavy (non-hydrogen) atoms. The summed E-state index contributed by atoms with van der Waals surface area (Å²) < 4.78 is 288. The molecule has 0 nitrogen and oxygen atoms in total. The summed E-state index contributed by atoms with van der Waals surface area (Å²) in [6.45, 7) is 33.4. The van der Waals surface area contributed by atoms with Crippen LogP contribution in [0.4, 0.5) is 96.6 Å². The van der Waals surface area contributed by atoms with Crippen molar-refractivity contribution in [2.45, 2.75) is 229 Å². The van der Waals surface area contributed by atoms with Gasteiger partial charge >= 0.3 is 53.8 Å². The van der Waals surface area contributed by atoms with Crippen LogP contribution in [0.15, 0.2) is 60.7 Å². The zero-order valence-electron chi connectivity index (χ0n) is 52.4. The molecule has 0 aliphatic heterocycles. The van der Waals surface area contributed by atoms with Gasteiger partial charge < -0.3 is 0 Å². The van der Waals surface area contributed by atoms with Crippen molar-refractivity contribution in [1.82, 2.24) is 0 Å². The molecule has 0 heterocycles. The third-order valence-corrected chi connectivity index (χ3v) is 14.8. The molecule has 0 bridgehead atoms. The summed E-state index contributed by atoms with van der Waals surface area (Å²) >= 11 is 0. The van der Waals surface area contributed by atoms with Gasteiger partial charge in [0, 0.05) is 36.1 Å². The van der Waals surface area contributed by atoms with Gasteiger partial charge in [0.25, 0.3) is 5.92 Å². The van der Waals surface area contributed by atoms with Crippen LogP contribution in [0.5, 0.6) is 0 Å². The van der Waals surface area contributed by atoms with Crippen LogP contribution in [0.1, 0.15) is 184 Å². The van der Waals surface area contributed by atoms with Crippen molar-refractivity contribution in [3.05, 3.63) is 172 Å². The molecule has 0 saturated carbocycles. The van der Waals surface area contributed by atoms with Gasteiger partial charge in [0.15, 0.2) is 0 Å². The third-order valence-electron chi connectivity index (χ3n) is 14.8. The van der Waals surface area contributed by atoms with Gasteiger partial charge in [-0.3, -0.25) is 0 Å². The molecule has 0 unspecified atom stereocenters. The predicted octanol–water partition coefficient (Wildman–Crippen LogP) is 24.1. The molecule has 0 N–H and O–H groups in total. The minimum absolute atomic E-state index is 0.228. The molecule has 5 aromatic carbocycles. The van der Waals surface area contributed by atoms with Crippen molar-refractivity contribution in [2.75, 3.05) is 0 Å². The average Bonchev–Trinajstić information content (AvgIpc) is 0.766. The van der Waals surface area contributed by atoms with Gasteiger partial charge in [-0.1, -0.05) is 77.4 Å². The van der Waals surface area contributed by atoms with Crippen LogP contribution in [-0.4, -0.2) is 36.0 Å². The van der Waals surface area contributed by atoms with E-state index in [4.69, 9.17) is 0 Å². The normalized spacial score (nSPS) is 13.1. The zero-order valence-corrected chi connectivity index (χ0v) is 52.4. The molecule has 0 atom stereocenters. The van der Waals surface area contributed by atoms with Gasteiger partial charge in [-0.15, -0.1) is 0 Å². The van der Waals surface area contributed by atoms with Crippen LogP contribution < -0.4 is 0 Å². The second kappa shape index (κ2) is 28.6. The average molecular weight is 1280 g/mol. The molecule has 492 valence electrons. The molecule has 0 aromatic heterocycles. The van der Waals surface area contributed by atoms with Gasteiger partial charge in [0.1, 0.15) is 0 Å². The third kappa shape index (κ3) is 18.4. The number of unbranched alkanes of at least 4 members (excludes halogenated alkanes) is 1. The maximum atomic E-state index is 14.1. The summed E-state index contributed by atoms with van der Waals surface area (Å²) in [5.41, 5.74) is 7.15. The summed E-state index contributed by atoms with van der Waals surface area (Å²) in [5, 5.41) is 0. The predicted molar refractivity (Wildman–Crippen MR) is 299 cm³/mol. The molecule has 0 aliphatic carbocycles. The van der Waals surface area contributed by atoms with E-state index in [9.17, 15) is 96.6 Å². The van der Waals surface area contributed by atoms with Crippen LogP contribution in [0.2, 0.25) is 0 Å². The highest BCUT2D eigenvalue weighted by Gasteiger charge is 2.82. The van der Waals surface area contributed by atoms with Crippen molar-refractivity contribution in [3.63, 3.8) is 0 Å². The summed E-state index contributed by atoms with van der Waals surface area (Å²) in [5.74, 6) is -45.1. The minimum atomic E-state index is -7.29. The van der Waals surface area contributed by atoms with Gasteiger partial charge in [0.2, 0.25) is 0 Å². The Morgan fingerprint density at radius 3 is 0.897 bits per heavy atom. The molecular formula is C65H78F22. The number of benzene rings is 5. The molecule has 0 saturated heterocycles. The molecular weight excluding hydrogens is 1200 g/mol. The highest BCUT2D eigenvalue weighted by atomic mass is 19.4. The lowest BCUT2D eigenvalue weighted by Crippen LogP contribution is -2.59. The zero-order chi connectivity index (χ0) is 68.9. The smallest absolute Gasteiger partial charge is 0.202 e. The standard InChI is InChI=1S/C16H11F15.C15H24.C12H11F7.C12H18.C10H14/c1-6-5-9(12(21,22)14(25,26)15(27,28)16(29,30)31)7(2)4-8(6)11(19,20)13(23,24)10(3,17)18;1-6-7-8-14-9-13(5)15(11(2)3)10-12(14)4;1-6-5-9(11(15,16)12(17,18)19)7(2)4-8(6)10(3,13)14;1-8(2)12-7-10(4)9(3)6-11(12)5;1-7-5-9(3)10(4)6-8(7)2/h4-5H,1-3H3;9-11H,6-8H2,1-5H3;4-5H,1-3H3;6-8H,1-5H3;5-6H,1-4H3. The largest absolute Gasteiger partial charge is 0.460 e. The first kappa shape index (κ1) is 79.6. The molecule has 5 rings (SSSR count). The van der Waals surface area contributed by atoms with E-state index in [0.717, 1.165) is 13.8 Å². The first-order valence-electron chi connectivity index (χ1n) is 27.4. The number of alkyl halides is 22. The highest BCUT2D eigenvalue weighted by molar-refractivity contribution is 5.45. The van der Waals surface area contributed by atoms with Gasteiger partial charge in [-0.25, -0.2) is 8.78 Å². The van der Waals surface area contributed by atoms with Crippen molar-refractivity contribution >= 4 is 0 Å². The number of hydrogen-bond donors (Lipinski definition) is 0. The van der Waals surface area contributed by atoms with Crippen molar-refractivity contribution in [1.29, 1.82) is 0 Å². The lowest BCUT2D eigenvalue weighted by molar-refractivity contribution is -0.399. The second-order valence-corrected chi connectivity index (χ2v) is 23.0. The van der Waals surface area contributed by atoms with Crippen LogP contribution in [0, 0.1) is 90.0 Å². The number of hydrogen-bond acceptors (Lipinski definition) is 0. The van der Waals surface area contributed by atoms with E-state index in [2.05, 4.69) is 133 Å². The molecule has 22 heteroatoms. The van der Waals surface area contributed by atoms with Crippen molar-refractivity contribution in [3.8, 4) is 0 Å². The van der Waals surface area contributed by atoms with Gasteiger partial charge in [0.05, 0.1) is 0 Å². The summed E-state index contributed by atoms with van der Waals surface area (Å²) in [4.78, 5) is 0. The molecule has 0 aliphatic rings. The van der Waals surface area contributed by atoms with Crippen LogP contribution in [0.25, 0.3) is 0 Å². The molecule has 0 amide bonds. The Bertz CT molecular complexity index is 3060. The van der Waals surface area contributed by atoms with Gasteiger partial charge in [-0.2, -0.15) is 87.8 Å². The first-order valence-corrected chi connectivity index (χ1v) is 27.4. The van der Waals surface area contributed by atoms with Gasteiger partial charge in [-0.05, 0) is 228 Å². The fourth-order valence-corrected chi connectivity index (χ4v) is 9.13. The van der Waals surface area contributed by atoms with Crippen LogP contribution in [0.3, 0.4) is 0 Å². The molecule has 0 radical (unpaired) electrons. The Hall–Kier alpha value is -5.44. The van der Waals surface area contributed by atoms with E-state index in [1.807, 2.05) is 0 Å². The quantitative estimate of drug-likeness (QED) is 0.103. The number of rotatable bonds is 13. The van der Waals surface area contributed by atoms with E-state index in [1.165, 1.54) is 80.5 Å². The fraction of sp³-hybridized carbons (Fsp3) is 0.538. The number of aryl methyl sites for hydroxylation is 14. The van der Waals surface area contributed by atoms with E-state index in [-0.39, 0.29) is 25.5 Å². The highest BCUT2D eigenvalue weighted by Crippen LogP contribution is 2.58. The van der Waals surface area contributed by atoms with Crippen LogP contribution >= 0.6 is 0 Å². The van der Waals surface area contributed by atoms with Crippen molar-refractivity contribution in [2.24, 2.45) is 0 Å². The summed E-state index contributed by atoms with van der Waals surface area (Å²) in [7, 11) is 0. The Balaban J connectivity index is 0.000000579. The molecule has 5 aromatic rings. The Labute approximate surface area is 496 Å².